The molecule has 1 aromatic heterocycles. The molecule has 214 valence electrons. The van der Waals surface area contributed by atoms with E-state index in [1.54, 1.807) is 13.1 Å². The number of alkyl carbamates (subject to hydrolysis) is 2. The summed E-state index contributed by atoms with van der Waals surface area (Å²) >= 11 is 0. The van der Waals surface area contributed by atoms with Gasteiger partial charge in [-0.25, -0.2) is 14.6 Å². The third kappa shape index (κ3) is 10.2. The number of hydrazine groups is 1. The number of carbonyl (C=O) groups excluding carboxylic acids is 4. The van der Waals surface area contributed by atoms with Crippen LogP contribution in [0.1, 0.15) is 18.1 Å². The van der Waals surface area contributed by atoms with E-state index in [4.69, 9.17) is 4.74 Å². The van der Waals surface area contributed by atoms with Gasteiger partial charge in [-0.15, -0.1) is 0 Å². The van der Waals surface area contributed by atoms with Crippen LogP contribution in [0.2, 0.25) is 0 Å². The number of amides is 3. The van der Waals surface area contributed by atoms with Gasteiger partial charge in [0.2, 0.25) is 0 Å². The smallest absolute Gasteiger partial charge is 0.407 e. The van der Waals surface area contributed by atoms with Gasteiger partial charge in [-0.2, -0.15) is 0 Å². The second kappa shape index (κ2) is 15.5. The fraction of sp³-hybridized carbons (Fsp3) is 0.233. The highest BCUT2D eigenvalue weighted by molar-refractivity contribution is 5.89. The van der Waals surface area contributed by atoms with Crippen LogP contribution >= 0.6 is 0 Å². The number of hydrogen-bond acceptors (Lipinski definition) is 8. The van der Waals surface area contributed by atoms with Gasteiger partial charge in [0.25, 0.3) is 5.91 Å². The second-order valence-electron chi connectivity index (χ2n) is 9.11. The van der Waals surface area contributed by atoms with E-state index in [9.17, 15) is 19.2 Å². The van der Waals surface area contributed by atoms with Crippen LogP contribution in [0.5, 0.6) is 0 Å². The molecule has 0 radical (unpaired) electrons. The summed E-state index contributed by atoms with van der Waals surface area (Å²) in [5, 5.41) is 6.24. The molecule has 11 heteroatoms. The van der Waals surface area contributed by atoms with Crippen molar-refractivity contribution in [3.8, 4) is 11.3 Å². The minimum atomic E-state index is -1.10. The summed E-state index contributed by atoms with van der Waals surface area (Å²) in [7, 11) is 1.18. The lowest BCUT2D eigenvalue weighted by atomic mass is 10.1. The first-order valence-corrected chi connectivity index (χ1v) is 12.8. The zero-order chi connectivity index (χ0) is 29.6. The number of nitrogens with one attached hydrogen (secondary N) is 3. The van der Waals surface area contributed by atoms with E-state index in [1.165, 1.54) is 12.1 Å². The second-order valence-corrected chi connectivity index (χ2v) is 9.11. The van der Waals surface area contributed by atoms with Gasteiger partial charge in [0.1, 0.15) is 12.6 Å². The average molecular weight is 560 g/mol. The maximum atomic E-state index is 13.1. The number of aromatic nitrogens is 1. The lowest BCUT2D eigenvalue weighted by Gasteiger charge is -2.26. The Labute approximate surface area is 238 Å². The van der Waals surface area contributed by atoms with Gasteiger partial charge in [0.05, 0.1) is 25.9 Å². The SMILES string of the molecule is C=C(C)[C@@H](NC(=O)OC)C(=O)NN(CC(=O)CNC(=O)OCc1ccccc1)Cc1ccc(-c2ccccn2)cc1. The number of hydrogen-bond donors (Lipinski definition) is 3. The van der Waals surface area contributed by atoms with Crippen molar-refractivity contribution in [2.45, 2.75) is 26.1 Å². The molecule has 0 saturated heterocycles. The Morgan fingerprint density at radius 1 is 0.927 bits per heavy atom. The first kappa shape index (κ1) is 30.5. The highest BCUT2D eigenvalue weighted by Crippen LogP contribution is 2.17. The molecule has 41 heavy (non-hydrogen) atoms. The van der Waals surface area contributed by atoms with Gasteiger partial charge < -0.3 is 20.1 Å². The zero-order valence-corrected chi connectivity index (χ0v) is 23.0. The summed E-state index contributed by atoms with van der Waals surface area (Å²) < 4.78 is 9.74. The van der Waals surface area contributed by atoms with Crippen LogP contribution in [0.4, 0.5) is 9.59 Å². The molecule has 0 aliphatic carbocycles. The van der Waals surface area contributed by atoms with E-state index in [2.05, 4.69) is 32.4 Å². The van der Waals surface area contributed by atoms with Gasteiger partial charge in [-0.05, 0) is 35.8 Å². The quantitative estimate of drug-likeness (QED) is 0.214. The Balaban J connectivity index is 1.65. The summed E-state index contributed by atoms with van der Waals surface area (Å²) in [5.74, 6) is -1.00. The molecule has 1 atom stereocenters. The third-order valence-corrected chi connectivity index (χ3v) is 5.77. The predicted octanol–water partition coefficient (Wildman–Crippen LogP) is 3.38. The number of rotatable bonds is 13. The molecular formula is C30H33N5O6. The normalized spacial score (nSPS) is 11.2. The van der Waals surface area contributed by atoms with Crippen molar-refractivity contribution >= 4 is 23.9 Å². The molecule has 11 nitrogen and oxygen atoms in total. The van der Waals surface area contributed by atoms with Crippen molar-refractivity contribution in [1.82, 2.24) is 26.1 Å². The Kier molecular flexibility index (Phi) is 11.6. The fourth-order valence-corrected chi connectivity index (χ4v) is 3.69. The van der Waals surface area contributed by atoms with Crippen LogP contribution in [0.25, 0.3) is 11.3 Å². The Morgan fingerprint density at radius 2 is 1.63 bits per heavy atom. The Hall–Kier alpha value is -5.03. The molecule has 3 aromatic rings. The number of carbonyl (C=O) groups is 4. The predicted molar refractivity (Wildman–Crippen MR) is 152 cm³/mol. The largest absolute Gasteiger partial charge is 0.453 e. The van der Waals surface area contributed by atoms with Crippen molar-refractivity contribution < 1.29 is 28.7 Å². The number of ketones is 1. The van der Waals surface area contributed by atoms with E-state index in [0.29, 0.717) is 5.57 Å². The molecule has 0 spiro atoms. The van der Waals surface area contributed by atoms with E-state index in [0.717, 1.165) is 22.4 Å². The zero-order valence-electron chi connectivity index (χ0n) is 23.0. The van der Waals surface area contributed by atoms with Crippen molar-refractivity contribution in [3.05, 3.63) is 102 Å². The summed E-state index contributed by atoms with van der Waals surface area (Å²) in [6, 6.07) is 21.1. The molecule has 3 rings (SSSR count). The van der Waals surface area contributed by atoms with Gasteiger partial charge in [0.15, 0.2) is 5.78 Å². The van der Waals surface area contributed by atoms with Crippen molar-refractivity contribution in [3.63, 3.8) is 0 Å². The molecule has 0 fully saturated rings. The van der Waals surface area contributed by atoms with Crippen molar-refractivity contribution in [1.29, 1.82) is 0 Å². The van der Waals surface area contributed by atoms with E-state index in [-0.39, 0.29) is 32.0 Å². The number of benzene rings is 2. The fourth-order valence-electron chi connectivity index (χ4n) is 3.69. The maximum Gasteiger partial charge on any atom is 0.407 e. The molecule has 0 aliphatic rings. The first-order chi connectivity index (χ1) is 19.7. The summed E-state index contributed by atoms with van der Waals surface area (Å²) in [5.41, 5.74) is 6.35. The highest BCUT2D eigenvalue weighted by Gasteiger charge is 2.25. The molecular weight excluding hydrogens is 526 g/mol. The lowest BCUT2D eigenvalue weighted by molar-refractivity contribution is -0.129. The highest BCUT2D eigenvalue weighted by atomic mass is 16.5. The van der Waals surface area contributed by atoms with Crippen LogP contribution in [0.3, 0.4) is 0 Å². The number of ether oxygens (including phenoxy) is 2. The van der Waals surface area contributed by atoms with E-state index >= 15 is 0 Å². The minimum absolute atomic E-state index is 0.0625. The van der Waals surface area contributed by atoms with Crippen molar-refractivity contribution in [2.24, 2.45) is 0 Å². The summed E-state index contributed by atoms with van der Waals surface area (Å²) in [4.78, 5) is 54.0. The van der Waals surface area contributed by atoms with Crippen molar-refractivity contribution in [2.75, 3.05) is 20.2 Å². The molecule has 3 N–H and O–H groups in total. The Morgan fingerprint density at radius 3 is 2.27 bits per heavy atom. The number of Topliss-reactive ketones (excluding diaryl/α,β-unsaturated/α-hetero) is 1. The van der Waals surface area contributed by atoms with E-state index in [1.807, 2.05) is 72.8 Å². The van der Waals surface area contributed by atoms with Crippen LogP contribution in [-0.2, 0) is 32.2 Å². The topological polar surface area (TPSA) is 139 Å². The van der Waals surface area contributed by atoms with Crippen LogP contribution < -0.4 is 16.1 Å². The molecule has 0 bridgehead atoms. The van der Waals surface area contributed by atoms with Crippen LogP contribution in [-0.4, -0.2) is 60.1 Å². The Bertz CT molecular complexity index is 1330. The molecule has 0 unspecified atom stereocenters. The monoisotopic (exact) mass is 559 g/mol. The number of methoxy groups -OCH3 is 1. The van der Waals surface area contributed by atoms with E-state index < -0.39 is 24.1 Å². The maximum absolute atomic E-state index is 13.1. The van der Waals surface area contributed by atoms with Crippen LogP contribution in [0.15, 0.2) is 91.1 Å². The van der Waals surface area contributed by atoms with Gasteiger partial charge in [-0.3, -0.25) is 20.0 Å². The minimum Gasteiger partial charge on any atom is -0.453 e. The first-order valence-electron chi connectivity index (χ1n) is 12.8. The van der Waals surface area contributed by atoms with Gasteiger partial charge in [-0.1, -0.05) is 67.2 Å². The number of pyridine rings is 1. The third-order valence-electron chi connectivity index (χ3n) is 5.77. The lowest BCUT2D eigenvalue weighted by Crippen LogP contribution is -2.54. The summed E-state index contributed by atoms with van der Waals surface area (Å²) in [6.07, 6.45) is 0.157. The molecule has 2 aromatic carbocycles. The van der Waals surface area contributed by atoms with Gasteiger partial charge >= 0.3 is 12.2 Å². The standard InChI is InChI=1S/C30H33N5O6/c1-21(2)27(33-30(39)40-3)28(37)34-35(18-22-12-14-24(15-13-22)26-11-7-8-16-31-26)19-25(36)17-32-29(38)41-20-23-9-5-4-6-10-23/h4-16,27H,1,17-20H2,2-3H3,(H,32,38)(H,33,39)(H,34,37)/t27-/m1/s1. The van der Waals surface area contributed by atoms with Crippen LogP contribution in [0, 0.1) is 0 Å². The molecule has 0 aliphatic heterocycles. The summed E-state index contributed by atoms with van der Waals surface area (Å²) in [6.45, 7) is 5.00. The van der Waals surface area contributed by atoms with Gasteiger partial charge in [0, 0.05) is 18.3 Å². The average Bonchev–Trinajstić information content (AvgIpc) is 2.98. The molecule has 0 saturated carbocycles. The molecule has 1 heterocycles. The molecule has 3 amide bonds. The number of nitrogens with zero attached hydrogens (tertiary/aromatic N) is 2.